The number of benzene rings is 2. The van der Waals surface area contributed by atoms with Crippen LogP contribution in [0, 0.1) is 0 Å². The Labute approximate surface area is 197 Å². The molecule has 3 aromatic rings. The van der Waals surface area contributed by atoms with E-state index in [1.165, 1.54) is 0 Å². The third kappa shape index (κ3) is 5.03. The van der Waals surface area contributed by atoms with Gasteiger partial charge < -0.3 is 20.1 Å². The predicted octanol–water partition coefficient (Wildman–Crippen LogP) is 2.44. The molecule has 0 unspecified atom stereocenters. The van der Waals surface area contributed by atoms with Gasteiger partial charge in [0.05, 0.1) is 25.1 Å². The number of aromatic nitrogens is 2. The summed E-state index contributed by atoms with van der Waals surface area (Å²) in [6.45, 7) is 0.924. The number of rotatable bonds is 6. The van der Waals surface area contributed by atoms with E-state index in [4.69, 9.17) is 9.47 Å². The summed E-state index contributed by atoms with van der Waals surface area (Å²) in [6.07, 6.45) is 4.34. The Balaban J connectivity index is 1.39. The van der Waals surface area contributed by atoms with Crippen molar-refractivity contribution in [3.05, 3.63) is 58.1 Å². The van der Waals surface area contributed by atoms with Crippen LogP contribution in [0.4, 0.5) is 5.69 Å². The van der Waals surface area contributed by atoms with Crippen LogP contribution in [0.1, 0.15) is 30.7 Å². The van der Waals surface area contributed by atoms with Crippen LogP contribution in [0.3, 0.4) is 0 Å². The van der Waals surface area contributed by atoms with Gasteiger partial charge in [-0.05, 0) is 55.2 Å². The van der Waals surface area contributed by atoms with Gasteiger partial charge in [-0.25, -0.2) is 4.98 Å². The van der Waals surface area contributed by atoms with Gasteiger partial charge in [-0.2, -0.15) is 0 Å². The lowest BCUT2D eigenvalue weighted by Gasteiger charge is -2.12. The van der Waals surface area contributed by atoms with Crippen molar-refractivity contribution in [2.45, 2.75) is 38.6 Å². The standard InChI is InChI=1S/C25H28N4O5/c1-33-20-10-7-16(14-21(20)34-2)11-12-26-23(30)24(31)27-17-8-9-19-18(15-17)25(32)29-13-5-3-4-6-22(29)28-19/h7-10,14-15H,3-6,11-13H2,1-2H3,(H,26,30)(H,27,31). The minimum absolute atomic E-state index is 0.114. The van der Waals surface area contributed by atoms with Gasteiger partial charge in [0.2, 0.25) is 0 Å². The lowest BCUT2D eigenvalue weighted by Crippen LogP contribution is -2.36. The fourth-order valence-electron chi connectivity index (χ4n) is 4.12. The van der Waals surface area contributed by atoms with Gasteiger partial charge >= 0.3 is 11.8 Å². The number of nitrogens with one attached hydrogen (secondary N) is 2. The van der Waals surface area contributed by atoms with Crippen LogP contribution in [0.2, 0.25) is 0 Å². The summed E-state index contributed by atoms with van der Waals surface area (Å²) in [6, 6.07) is 10.4. The molecule has 0 atom stereocenters. The molecule has 0 bridgehead atoms. The second-order valence-electron chi connectivity index (χ2n) is 8.18. The fourth-order valence-corrected chi connectivity index (χ4v) is 4.12. The largest absolute Gasteiger partial charge is 0.493 e. The van der Waals surface area contributed by atoms with Crippen LogP contribution >= 0.6 is 0 Å². The summed E-state index contributed by atoms with van der Waals surface area (Å²) in [4.78, 5) is 42.3. The van der Waals surface area contributed by atoms with Crippen molar-refractivity contribution < 1.29 is 19.1 Å². The molecule has 0 fully saturated rings. The normalized spacial score (nSPS) is 13.0. The maximum Gasteiger partial charge on any atom is 0.313 e. The number of carbonyl (C=O) groups is 2. The molecule has 0 saturated heterocycles. The Bertz CT molecular complexity index is 1280. The van der Waals surface area contributed by atoms with Crippen molar-refractivity contribution in [3.63, 3.8) is 0 Å². The smallest absolute Gasteiger partial charge is 0.313 e. The molecule has 9 nitrogen and oxygen atoms in total. The molecular weight excluding hydrogens is 436 g/mol. The first-order chi connectivity index (χ1) is 16.5. The number of hydrogen-bond donors (Lipinski definition) is 2. The predicted molar refractivity (Wildman–Crippen MR) is 128 cm³/mol. The molecule has 178 valence electrons. The zero-order chi connectivity index (χ0) is 24.1. The SMILES string of the molecule is COc1ccc(CCNC(=O)C(=O)Nc2ccc3nc4n(c(=O)c3c2)CCCCC4)cc1OC. The van der Waals surface area contributed by atoms with Gasteiger partial charge in [0.25, 0.3) is 5.56 Å². The van der Waals surface area contributed by atoms with E-state index in [-0.39, 0.29) is 12.1 Å². The van der Waals surface area contributed by atoms with Gasteiger partial charge in [0.1, 0.15) is 5.82 Å². The van der Waals surface area contributed by atoms with Crippen molar-refractivity contribution >= 4 is 28.4 Å². The molecular formula is C25H28N4O5. The highest BCUT2D eigenvalue weighted by molar-refractivity contribution is 6.39. The van der Waals surface area contributed by atoms with Gasteiger partial charge in [0.15, 0.2) is 11.5 Å². The van der Waals surface area contributed by atoms with Crippen LogP contribution in [0.25, 0.3) is 10.9 Å². The Morgan fingerprint density at radius 2 is 1.82 bits per heavy atom. The van der Waals surface area contributed by atoms with Crippen molar-refractivity contribution in [2.75, 3.05) is 26.1 Å². The van der Waals surface area contributed by atoms with E-state index in [9.17, 15) is 14.4 Å². The van der Waals surface area contributed by atoms with Crippen molar-refractivity contribution in [3.8, 4) is 11.5 Å². The number of methoxy groups -OCH3 is 2. The maximum atomic E-state index is 13.0. The molecule has 0 aliphatic carbocycles. The summed E-state index contributed by atoms with van der Waals surface area (Å²) < 4.78 is 12.2. The number of carbonyl (C=O) groups excluding carboxylic acids is 2. The summed E-state index contributed by atoms with van der Waals surface area (Å²) in [7, 11) is 3.12. The number of anilines is 1. The summed E-state index contributed by atoms with van der Waals surface area (Å²) in [5, 5.41) is 5.61. The number of fused-ring (bicyclic) bond motifs is 2. The number of hydrogen-bond acceptors (Lipinski definition) is 6. The average Bonchev–Trinajstić information content (AvgIpc) is 3.10. The first kappa shape index (κ1) is 23.3. The van der Waals surface area contributed by atoms with Crippen LogP contribution in [0.5, 0.6) is 11.5 Å². The van der Waals surface area contributed by atoms with E-state index >= 15 is 0 Å². The van der Waals surface area contributed by atoms with Crippen LogP contribution < -0.4 is 25.7 Å². The summed E-state index contributed by atoms with van der Waals surface area (Å²) >= 11 is 0. The lowest BCUT2D eigenvalue weighted by atomic mass is 10.1. The Morgan fingerprint density at radius 3 is 2.62 bits per heavy atom. The molecule has 4 rings (SSSR count). The molecule has 34 heavy (non-hydrogen) atoms. The Kier molecular flexibility index (Phi) is 7.10. The van der Waals surface area contributed by atoms with E-state index in [2.05, 4.69) is 15.6 Å². The first-order valence-corrected chi connectivity index (χ1v) is 11.3. The lowest BCUT2D eigenvalue weighted by molar-refractivity contribution is -0.136. The third-order valence-corrected chi connectivity index (χ3v) is 5.93. The highest BCUT2D eigenvalue weighted by Gasteiger charge is 2.17. The monoisotopic (exact) mass is 464 g/mol. The van der Waals surface area contributed by atoms with Crippen LogP contribution in [0.15, 0.2) is 41.2 Å². The summed E-state index contributed by atoms with van der Waals surface area (Å²) in [5.41, 5.74) is 1.79. The fraction of sp³-hybridized carbons (Fsp3) is 0.360. The highest BCUT2D eigenvalue weighted by atomic mass is 16.5. The second kappa shape index (κ2) is 10.4. The molecule has 2 heterocycles. The molecule has 1 aliphatic rings. The number of aryl methyl sites for hydroxylation is 1. The topological polar surface area (TPSA) is 112 Å². The number of ether oxygens (including phenoxy) is 2. The molecule has 2 aromatic carbocycles. The van der Waals surface area contributed by atoms with Gasteiger partial charge in [0, 0.05) is 25.2 Å². The zero-order valence-corrected chi connectivity index (χ0v) is 19.3. The minimum atomic E-state index is -0.797. The second-order valence-corrected chi connectivity index (χ2v) is 8.18. The zero-order valence-electron chi connectivity index (χ0n) is 19.3. The quantitative estimate of drug-likeness (QED) is 0.542. The Hall–Kier alpha value is -3.88. The molecule has 0 spiro atoms. The average molecular weight is 465 g/mol. The first-order valence-electron chi connectivity index (χ1n) is 11.3. The Morgan fingerprint density at radius 1 is 1.00 bits per heavy atom. The van der Waals surface area contributed by atoms with Crippen molar-refractivity contribution in [2.24, 2.45) is 0 Å². The molecule has 2 N–H and O–H groups in total. The van der Waals surface area contributed by atoms with Gasteiger partial charge in [-0.3, -0.25) is 19.0 Å². The van der Waals surface area contributed by atoms with Crippen molar-refractivity contribution in [1.82, 2.24) is 14.9 Å². The number of amides is 2. The molecule has 9 heteroatoms. The highest BCUT2D eigenvalue weighted by Crippen LogP contribution is 2.27. The number of nitrogens with zero attached hydrogens (tertiary/aromatic N) is 2. The maximum absolute atomic E-state index is 13.0. The van der Waals surface area contributed by atoms with Crippen LogP contribution in [-0.4, -0.2) is 42.1 Å². The van der Waals surface area contributed by atoms with Crippen molar-refractivity contribution in [1.29, 1.82) is 0 Å². The van der Waals surface area contributed by atoms with Gasteiger partial charge in [-0.1, -0.05) is 12.5 Å². The molecule has 1 aromatic heterocycles. The molecule has 1 aliphatic heterocycles. The third-order valence-electron chi connectivity index (χ3n) is 5.93. The molecule has 2 amide bonds. The van der Waals surface area contributed by atoms with E-state index in [0.717, 1.165) is 37.1 Å². The summed E-state index contributed by atoms with van der Waals surface area (Å²) in [5.74, 6) is 0.478. The van der Waals surface area contributed by atoms with Gasteiger partial charge in [-0.15, -0.1) is 0 Å². The molecule has 0 radical (unpaired) electrons. The van der Waals surface area contributed by atoms with E-state index in [1.807, 2.05) is 12.1 Å². The van der Waals surface area contributed by atoms with E-state index < -0.39 is 11.8 Å². The minimum Gasteiger partial charge on any atom is -0.493 e. The van der Waals surface area contributed by atoms with E-state index in [0.29, 0.717) is 41.1 Å². The van der Waals surface area contributed by atoms with E-state index in [1.54, 1.807) is 43.1 Å². The van der Waals surface area contributed by atoms with Crippen LogP contribution in [-0.2, 0) is 29.0 Å². The molecule has 0 saturated carbocycles.